The Balaban J connectivity index is 1.27. The van der Waals surface area contributed by atoms with Gasteiger partial charge in [-0.1, -0.05) is 42.5 Å². The monoisotopic (exact) mass is 448 g/mol. The summed E-state index contributed by atoms with van der Waals surface area (Å²) in [6.45, 7) is 0. The SMILES string of the molecule is O=C(CCC(=O)c1ccccc1)Nc1ccc(-c2ccc3nnc(-c4ccncc4)n3n2)cc1. The molecule has 166 valence electrons. The molecule has 3 heterocycles. The second-order valence-corrected chi connectivity index (χ2v) is 7.66. The number of benzene rings is 2. The molecule has 5 rings (SSSR count). The molecule has 0 aliphatic rings. The highest BCUT2D eigenvalue weighted by Crippen LogP contribution is 2.22. The Morgan fingerprint density at radius 1 is 0.765 bits per heavy atom. The quantitative estimate of drug-likeness (QED) is 0.369. The van der Waals surface area contributed by atoms with Crippen molar-refractivity contribution in [2.75, 3.05) is 5.32 Å². The van der Waals surface area contributed by atoms with Gasteiger partial charge in [-0.3, -0.25) is 14.6 Å². The number of anilines is 1. The number of hydrogen-bond acceptors (Lipinski definition) is 6. The van der Waals surface area contributed by atoms with Gasteiger partial charge in [0.05, 0.1) is 5.69 Å². The van der Waals surface area contributed by atoms with E-state index in [-0.39, 0.29) is 24.5 Å². The highest BCUT2D eigenvalue weighted by Gasteiger charge is 2.12. The van der Waals surface area contributed by atoms with Gasteiger partial charge in [0.15, 0.2) is 17.3 Å². The van der Waals surface area contributed by atoms with Gasteiger partial charge in [-0.2, -0.15) is 9.61 Å². The molecule has 0 aliphatic heterocycles. The molecule has 1 N–H and O–H groups in total. The van der Waals surface area contributed by atoms with Gasteiger partial charge in [0, 0.05) is 47.6 Å². The molecule has 0 saturated heterocycles. The molecule has 0 spiro atoms. The summed E-state index contributed by atoms with van der Waals surface area (Å²) < 4.78 is 1.70. The number of hydrogen-bond donors (Lipinski definition) is 1. The van der Waals surface area contributed by atoms with Crippen molar-refractivity contribution in [2.45, 2.75) is 12.8 Å². The lowest BCUT2D eigenvalue weighted by Crippen LogP contribution is -2.13. The number of nitrogens with one attached hydrogen (secondary N) is 1. The van der Waals surface area contributed by atoms with E-state index in [9.17, 15) is 9.59 Å². The molecule has 3 aromatic heterocycles. The third-order valence-electron chi connectivity index (χ3n) is 5.34. The van der Waals surface area contributed by atoms with Crippen LogP contribution in [0.3, 0.4) is 0 Å². The number of pyridine rings is 1. The zero-order chi connectivity index (χ0) is 23.3. The van der Waals surface area contributed by atoms with Crippen LogP contribution in [0.2, 0.25) is 0 Å². The zero-order valence-corrected chi connectivity index (χ0v) is 18.1. The fraction of sp³-hybridized carbons (Fsp3) is 0.0769. The summed E-state index contributed by atoms with van der Waals surface area (Å²) in [5.74, 6) is 0.379. The molecular weight excluding hydrogens is 428 g/mol. The lowest BCUT2D eigenvalue weighted by atomic mass is 10.1. The summed E-state index contributed by atoms with van der Waals surface area (Å²) in [7, 11) is 0. The lowest BCUT2D eigenvalue weighted by Gasteiger charge is -2.07. The van der Waals surface area contributed by atoms with Gasteiger partial charge >= 0.3 is 0 Å². The van der Waals surface area contributed by atoms with Gasteiger partial charge in [-0.15, -0.1) is 10.2 Å². The van der Waals surface area contributed by atoms with Crippen molar-refractivity contribution < 1.29 is 9.59 Å². The molecular formula is C26H20N6O2. The minimum Gasteiger partial charge on any atom is -0.326 e. The number of rotatable bonds is 7. The Labute approximate surface area is 195 Å². The number of ketones is 1. The average molecular weight is 448 g/mol. The third kappa shape index (κ3) is 4.56. The second-order valence-electron chi connectivity index (χ2n) is 7.66. The van der Waals surface area contributed by atoms with E-state index < -0.39 is 0 Å². The van der Waals surface area contributed by atoms with Gasteiger partial charge in [-0.05, 0) is 36.4 Å². The van der Waals surface area contributed by atoms with Crippen molar-refractivity contribution in [2.24, 2.45) is 0 Å². The molecule has 8 nitrogen and oxygen atoms in total. The number of carbonyl (C=O) groups is 2. The minimum absolute atomic E-state index is 0.0484. The van der Waals surface area contributed by atoms with Crippen molar-refractivity contribution in [1.82, 2.24) is 24.8 Å². The van der Waals surface area contributed by atoms with Crippen molar-refractivity contribution in [3.05, 3.63) is 96.8 Å². The van der Waals surface area contributed by atoms with E-state index in [1.54, 1.807) is 29.0 Å². The number of carbonyl (C=O) groups excluding carboxylic acids is 2. The molecule has 1 amide bonds. The first-order valence-electron chi connectivity index (χ1n) is 10.8. The topological polar surface area (TPSA) is 102 Å². The smallest absolute Gasteiger partial charge is 0.224 e. The number of nitrogens with zero attached hydrogens (tertiary/aromatic N) is 5. The van der Waals surface area contributed by atoms with E-state index in [0.29, 0.717) is 22.7 Å². The van der Waals surface area contributed by atoms with Crippen LogP contribution in [-0.2, 0) is 4.79 Å². The predicted molar refractivity (Wildman–Crippen MR) is 128 cm³/mol. The van der Waals surface area contributed by atoms with E-state index in [2.05, 4.69) is 20.5 Å². The number of aromatic nitrogens is 5. The number of amides is 1. The van der Waals surface area contributed by atoms with Crippen molar-refractivity contribution in [1.29, 1.82) is 0 Å². The summed E-state index contributed by atoms with van der Waals surface area (Å²) in [5, 5.41) is 16.0. The van der Waals surface area contributed by atoms with E-state index in [1.807, 2.05) is 66.7 Å². The third-order valence-corrected chi connectivity index (χ3v) is 5.34. The first-order valence-corrected chi connectivity index (χ1v) is 10.8. The standard InChI is InChI=1S/C26H20N6O2/c33-23(19-4-2-1-3-5-19)11-13-25(34)28-21-8-6-18(7-9-21)22-10-12-24-29-30-26(32(24)31-22)20-14-16-27-17-15-20/h1-10,12,14-17H,11,13H2,(H,28,34). The van der Waals surface area contributed by atoms with Gasteiger partial charge in [0.1, 0.15) is 0 Å². The van der Waals surface area contributed by atoms with Crippen LogP contribution in [0.4, 0.5) is 5.69 Å². The second kappa shape index (κ2) is 9.41. The van der Waals surface area contributed by atoms with Crippen LogP contribution < -0.4 is 5.32 Å². The molecule has 0 fully saturated rings. The van der Waals surface area contributed by atoms with Crippen molar-refractivity contribution in [3.8, 4) is 22.6 Å². The Kier molecular flexibility index (Phi) is 5.85. The summed E-state index contributed by atoms with van der Waals surface area (Å²) in [5.41, 5.74) is 4.41. The van der Waals surface area contributed by atoms with E-state index >= 15 is 0 Å². The van der Waals surface area contributed by atoms with E-state index in [0.717, 1.165) is 16.8 Å². The molecule has 0 atom stereocenters. The highest BCUT2D eigenvalue weighted by atomic mass is 16.2. The average Bonchev–Trinajstić information content (AvgIpc) is 3.32. The summed E-state index contributed by atoms with van der Waals surface area (Å²) >= 11 is 0. The van der Waals surface area contributed by atoms with Gasteiger partial charge in [-0.25, -0.2) is 0 Å². The largest absolute Gasteiger partial charge is 0.326 e. The first-order chi connectivity index (χ1) is 16.7. The number of fused-ring (bicyclic) bond motifs is 1. The van der Waals surface area contributed by atoms with Gasteiger partial charge < -0.3 is 5.32 Å². The molecule has 0 aliphatic carbocycles. The molecule has 0 radical (unpaired) electrons. The maximum absolute atomic E-state index is 12.3. The van der Waals surface area contributed by atoms with Gasteiger partial charge in [0.25, 0.3) is 0 Å². The molecule has 34 heavy (non-hydrogen) atoms. The molecule has 0 unspecified atom stereocenters. The summed E-state index contributed by atoms with van der Waals surface area (Å²) in [6, 6.07) is 23.8. The molecule has 8 heteroatoms. The Hall–Kier alpha value is -4.72. The highest BCUT2D eigenvalue weighted by molar-refractivity contribution is 6.00. The molecule has 0 saturated carbocycles. The summed E-state index contributed by atoms with van der Waals surface area (Å²) in [4.78, 5) is 28.5. The van der Waals surface area contributed by atoms with Crippen LogP contribution in [0.5, 0.6) is 0 Å². The van der Waals surface area contributed by atoms with E-state index in [1.165, 1.54) is 0 Å². The first kappa shape index (κ1) is 21.1. The van der Waals surface area contributed by atoms with Crippen LogP contribution >= 0.6 is 0 Å². The predicted octanol–water partition coefficient (Wildman–Crippen LogP) is 4.45. The van der Waals surface area contributed by atoms with Crippen molar-refractivity contribution in [3.63, 3.8) is 0 Å². The fourth-order valence-electron chi connectivity index (χ4n) is 3.57. The van der Waals surface area contributed by atoms with Gasteiger partial charge in [0.2, 0.25) is 5.91 Å². The van der Waals surface area contributed by atoms with Crippen LogP contribution in [0.1, 0.15) is 23.2 Å². The molecule has 2 aromatic carbocycles. The lowest BCUT2D eigenvalue weighted by molar-refractivity contribution is -0.116. The Morgan fingerprint density at radius 2 is 1.53 bits per heavy atom. The van der Waals surface area contributed by atoms with Crippen LogP contribution in [-0.4, -0.2) is 36.5 Å². The maximum Gasteiger partial charge on any atom is 0.224 e. The van der Waals surface area contributed by atoms with Crippen LogP contribution in [0.15, 0.2) is 91.3 Å². The fourth-order valence-corrected chi connectivity index (χ4v) is 3.57. The number of Topliss-reactive ketones (excluding diaryl/α,β-unsaturated/α-hetero) is 1. The molecule has 5 aromatic rings. The van der Waals surface area contributed by atoms with Crippen molar-refractivity contribution >= 4 is 23.0 Å². The van der Waals surface area contributed by atoms with E-state index in [4.69, 9.17) is 5.10 Å². The maximum atomic E-state index is 12.3. The normalized spacial score (nSPS) is 10.8. The zero-order valence-electron chi connectivity index (χ0n) is 18.1. The molecule has 0 bridgehead atoms. The van der Waals surface area contributed by atoms with Crippen LogP contribution in [0.25, 0.3) is 28.3 Å². The Morgan fingerprint density at radius 3 is 2.29 bits per heavy atom. The van der Waals surface area contributed by atoms with Crippen LogP contribution in [0, 0.1) is 0 Å². The summed E-state index contributed by atoms with van der Waals surface area (Å²) in [6.07, 6.45) is 3.69. The Bertz CT molecular complexity index is 1450. The minimum atomic E-state index is -0.206.